The van der Waals surface area contributed by atoms with Crippen molar-refractivity contribution in [1.29, 1.82) is 0 Å². The lowest BCUT2D eigenvalue weighted by Gasteiger charge is -2.32. The molecule has 1 unspecified atom stereocenters. The van der Waals surface area contributed by atoms with Gasteiger partial charge in [-0.25, -0.2) is 0 Å². The smallest absolute Gasteiger partial charge is 0.00901 e. The molecule has 0 aliphatic carbocycles. The molecule has 0 amide bonds. The Morgan fingerprint density at radius 3 is 2.47 bits per heavy atom. The van der Waals surface area contributed by atoms with Gasteiger partial charge in [-0.2, -0.15) is 0 Å². The van der Waals surface area contributed by atoms with Gasteiger partial charge in [0.2, 0.25) is 0 Å². The average Bonchev–Trinajstić information content (AvgIpc) is 2.40. The van der Waals surface area contributed by atoms with Crippen molar-refractivity contribution in [2.75, 3.05) is 26.2 Å². The Kier molecular flexibility index (Phi) is 8.72. The van der Waals surface area contributed by atoms with Crippen molar-refractivity contribution in [3.8, 4) is 0 Å². The van der Waals surface area contributed by atoms with Crippen LogP contribution in [-0.4, -0.2) is 37.1 Å². The van der Waals surface area contributed by atoms with Gasteiger partial charge in [0.15, 0.2) is 0 Å². The minimum atomic E-state index is 0.789. The van der Waals surface area contributed by atoms with Crippen LogP contribution in [0.15, 0.2) is 0 Å². The third-order valence-electron chi connectivity index (χ3n) is 4.52. The van der Waals surface area contributed by atoms with E-state index in [2.05, 4.69) is 37.9 Å². The fraction of sp³-hybridized carbons (Fsp3) is 1.00. The normalized spacial score (nSPS) is 20.7. The molecule has 1 saturated heterocycles. The van der Waals surface area contributed by atoms with Crippen LogP contribution in [0.1, 0.15) is 66.2 Å². The quantitative estimate of drug-likeness (QED) is 0.682. The van der Waals surface area contributed by atoms with Crippen LogP contribution in [0, 0.1) is 11.8 Å². The van der Waals surface area contributed by atoms with Crippen molar-refractivity contribution in [2.24, 2.45) is 11.8 Å². The van der Waals surface area contributed by atoms with Crippen LogP contribution >= 0.6 is 0 Å². The molecule has 0 aromatic carbocycles. The highest BCUT2D eigenvalue weighted by Crippen LogP contribution is 2.18. The fourth-order valence-corrected chi connectivity index (χ4v) is 3.45. The van der Waals surface area contributed by atoms with Gasteiger partial charge in [0.25, 0.3) is 0 Å². The SMILES string of the molecule is CCC(CC)N(CCCC1CCCNC1)CC(C)C. The maximum absolute atomic E-state index is 3.54. The number of rotatable bonds is 9. The Labute approximate surface area is 121 Å². The van der Waals surface area contributed by atoms with Crippen LogP contribution in [0.2, 0.25) is 0 Å². The fourth-order valence-electron chi connectivity index (χ4n) is 3.45. The number of nitrogens with one attached hydrogen (secondary N) is 1. The minimum absolute atomic E-state index is 0.789. The molecule has 1 rings (SSSR count). The number of hydrogen-bond donors (Lipinski definition) is 1. The molecule has 2 heteroatoms. The van der Waals surface area contributed by atoms with Crippen LogP contribution in [0.5, 0.6) is 0 Å². The highest BCUT2D eigenvalue weighted by atomic mass is 15.1. The first-order valence-electron chi connectivity index (χ1n) is 8.62. The van der Waals surface area contributed by atoms with Crippen molar-refractivity contribution in [1.82, 2.24) is 10.2 Å². The summed E-state index contributed by atoms with van der Waals surface area (Å²) in [5.41, 5.74) is 0. The lowest BCUT2D eigenvalue weighted by atomic mass is 9.94. The Morgan fingerprint density at radius 2 is 1.95 bits per heavy atom. The Morgan fingerprint density at radius 1 is 1.21 bits per heavy atom. The summed E-state index contributed by atoms with van der Waals surface area (Å²) in [4.78, 5) is 2.75. The highest BCUT2D eigenvalue weighted by molar-refractivity contribution is 4.73. The van der Waals surface area contributed by atoms with E-state index in [1.165, 1.54) is 64.7 Å². The molecule has 0 spiro atoms. The summed E-state index contributed by atoms with van der Waals surface area (Å²) in [7, 11) is 0. The molecule has 1 atom stereocenters. The van der Waals surface area contributed by atoms with Gasteiger partial charge >= 0.3 is 0 Å². The van der Waals surface area contributed by atoms with Crippen molar-refractivity contribution in [3.63, 3.8) is 0 Å². The second kappa shape index (κ2) is 9.77. The minimum Gasteiger partial charge on any atom is -0.316 e. The van der Waals surface area contributed by atoms with E-state index in [-0.39, 0.29) is 0 Å². The van der Waals surface area contributed by atoms with E-state index in [1.54, 1.807) is 0 Å². The van der Waals surface area contributed by atoms with Gasteiger partial charge in [-0.15, -0.1) is 0 Å². The molecule has 1 heterocycles. The van der Waals surface area contributed by atoms with Crippen molar-refractivity contribution in [3.05, 3.63) is 0 Å². The first-order chi connectivity index (χ1) is 9.17. The molecule has 1 N–H and O–H groups in total. The van der Waals surface area contributed by atoms with Crippen LogP contribution in [-0.2, 0) is 0 Å². The second-order valence-electron chi connectivity index (χ2n) is 6.71. The van der Waals surface area contributed by atoms with Crippen molar-refractivity contribution in [2.45, 2.75) is 72.3 Å². The number of piperidine rings is 1. The van der Waals surface area contributed by atoms with E-state index < -0.39 is 0 Å². The summed E-state index contributed by atoms with van der Waals surface area (Å²) in [6.07, 6.45) is 8.23. The topological polar surface area (TPSA) is 15.3 Å². The lowest BCUT2D eigenvalue weighted by molar-refractivity contribution is 0.158. The summed E-state index contributed by atoms with van der Waals surface area (Å²) in [6.45, 7) is 14.5. The Balaban J connectivity index is 2.30. The van der Waals surface area contributed by atoms with Gasteiger partial charge in [-0.05, 0) is 70.0 Å². The van der Waals surface area contributed by atoms with Gasteiger partial charge in [-0.1, -0.05) is 27.7 Å². The largest absolute Gasteiger partial charge is 0.316 e. The van der Waals surface area contributed by atoms with E-state index >= 15 is 0 Å². The summed E-state index contributed by atoms with van der Waals surface area (Å²) >= 11 is 0. The molecular formula is C17H36N2. The van der Waals surface area contributed by atoms with Crippen molar-refractivity contribution < 1.29 is 0 Å². The number of nitrogens with zero attached hydrogens (tertiary/aromatic N) is 1. The average molecular weight is 268 g/mol. The standard InChI is InChI=1S/C17H36N2/c1-5-17(6-2)19(14-15(3)4)12-8-10-16-9-7-11-18-13-16/h15-18H,5-14H2,1-4H3. The zero-order valence-electron chi connectivity index (χ0n) is 13.8. The van der Waals surface area contributed by atoms with Gasteiger partial charge in [0, 0.05) is 12.6 Å². The van der Waals surface area contributed by atoms with Crippen molar-refractivity contribution >= 4 is 0 Å². The first kappa shape index (κ1) is 17.0. The van der Waals surface area contributed by atoms with E-state index in [0.29, 0.717) is 0 Å². The third-order valence-corrected chi connectivity index (χ3v) is 4.52. The van der Waals surface area contributed by atoms with Crippen LogP contribution in [0.4, 0.5) is 0 Å². The maximum Gasteiger partial charge on any atom is 0.00901 e. The predicted molar refractivity (Wildman–Crippen MR) is 85.6 cm³/mol. The maximum atomic E-state index is 3.54. The highest BCUT2D eigenvalue weighted by Gasteiger charge is 2.17. The number of hydrogen-bond acceptors (Lipinski definition) is 2. The van der Waals surface area contributed by atoms with Crippen LogP contribution in [0.25, 0.3) is 0 Å². The molecule has 114 valence electrons. The van der Waals surface area contributed by atoms with Crippen LogP contribution < -0.4 is 5.32 Å². The molecule has 1 aliphatic rings. The van der Waals surface area contributed by atoms with E-state index in [4.69, 9.17) is 0 Å². The zero-order chi connectivity index (χ0) is 14.1. The van der Waals surface area contributed by atoms with E-state index in [9.17, 15) is 0 Å². The van der Waals surface area contributed by atoms with Gasteiger partial charge in [0.05, 0.1) is 0 Å². The molecule has 1 fully saturated rings. The molecule has 19 heavy (non-hydrogen) atoms. The summed E-state index contributed by atoms with van der Waals surface area (Å²) in [6, 6.07) is 0.798. The second-order valence-corrected chi connectivity index (χ2v) is 6.71. The van der Waals surface area contributed by atoms with Gasteiger partial charge in [0.1, 0.15) is 0 Å². The molecular weight excluding hydrogens is 232 g/mol. The van der Waals surface area contributed by atoms with E-state index in [1.807, 2.05) is 0 Å². The Hall–Kier alpha value is -0.0800. The molecule has 0 aromatic heterocycles. The molecule has 0 saturated carbocycles. The van der Waals surface area contributed by atoms with Gasteiger partial charge < -0.3 is 10.2 Å². The molecule has 0 bridgehead atoms. The summed E-state index contributed by atoms with van der Waals surface area (Å²) in [5, 5.41) is 3.54. The molecule has 2 nitrogen and oxygen atoms in total. The van der Waals surface area contributed by atoms with Gasteiger partial charge in [-0.3, -0.25) is 0 Å². The molecule has 0 radical (unpaired) electrons. The summed E-state index contributed by atoms with van der Waals surface area (Å²) in [5.74, 6) is 1.73. The lowest BCUT2D eigenvalue weighted by Crippen LogP contribution is -2.38. The third kappa shape index (κ3) is 6.76. The first-order valence-corrected chi connectivity index (χ1v) is 8.62. The van der Waals surface area contributed by atoms with Crippen LogP contribution in [0.3, 0.4) is 0 Å². The predicted octanol–water partition coefficient (Wildman–Crippen LogP) is 3.91. The Bertz CT molecular complexity index is 205. The van der Waals surface area contributed by atoms with E-state index in [0.717, 1.165) is 17.9 Å². The molecule has 1 aliphatic heterocycles. The monoisotopic (exact) mass is 268 g/mol. The summed E-state index contributed by atoms with van der Waals surface area (Å²) < 4.78 is 0. The zero-order valence-corrected chi connectivity index (χ0v) is 13.8. The molecule has 0 aromatic rings.